The number of aromatic nitrogens is 3. The number of likely N-dealkylation sites (tertiary alicyclic amines) is 1. The second kappa shape index (κ2) is 6.50. The molecule has 3 aromatic rings. The van der Waals surface area contributed by atoms with Crippen LogP contribution < -0.4 is 0 Å². The molecule has 118 valence electrons. The standard InChI is InChI=1S/C19H22N4/c1-2-6-16(7-3-1)14-22-12-5-8-17(10-13-22)23-15-21-19-18(23)9-4-11-20-19/h1-4,6-7,9,11,15,17H,5,8,10,12-14H2. The molecule has 1 atom stereocenters. The number of hydrogen-bond acceptors (Lipinski definition) is 3. The molecule has 4 rings (SSSR count). The molecule has 0 N–H and O–H groups in total. The Kier molecular flexibility index (Phi) is 4.07. The Labute approximate surface area is 136 Å². The van der Waals surface area contributed by atoms with Crippen molar-refractivity contribution in [3.8, 4) is 0 Å². The van der Waals surface area contributed by atoms with Crippen LogP contribution in [-0.2, 0) is 6.54 Å². The van der Waals surface area contributed by atoms with Gasteiger partial charge in [-0.1, -0.05) is 30.3 Å². The second-order valence-corrected chi connectivity index (χ2v) is 6.34. The lowest BCUT2D eigenvalue weighted by atomic mass is 10.1. The summed E-state index contributed by atoms with van der Waals surface area (Å²) in [5, 5.41) is 0. The minimum Gasteiger partial charge on any atom is -0.326 e. The van der Waals surface area contributed by atoms with Crippen LogP contribution in [0.3, 0.4) is 0 Å². The van der Waals surface area contributed by atoms with Crippen molar-refractivity contribution in [2.75, 3.05) is 13.1 Å². The predicted molar refractivity (Wildman–Crippen MR) is 92.1 cm³/mol. The number of nitrogens with zero attached hydrogens (tertiary/aromatic N) is 4. The summed E-state index contributed by atoms with van der Waals surface area (Å²) < 4.78 is 2.33. The van der Waals surface area contributed by atoms with Gasteiger partial charge in [0.05, 0.1) is 11.8 Å². The van der Waals surface area contributed by atoms with Crippen molar-refractivity contribution in [3.63, 3.8) is 0 Å². The van der Waals surface area contributed by atoms with Crippen molar-refractivity contribution in [2.45, 2.75) is 31.8 Å². The fourth-order valence-corrected chi connectivity index (χ4v) is 3.58. The van der Waals surface area contributed by atoms with Crippen molar-refractivity contribution in [1.82, 2.24) is 19.4 Å². The van der Waals surface area contributed by atoms with Gasteiger partial charge in [0.25, 0.3) is 0 Å². The van der Waals surface area contributed by atoms with Gasteiger partial charge in [0, 0.05) is 25.3 Å². The molecule has 1 saturated heterocycles. The van der Waals surface area contributed by atoms with Crippen LogP contribution in [0.2, 0.25) is 0 Å². The zero-order valence-electron chi connectivity index (χ0n) is 13.3. The quantitative estimate of drug-likeness (QED) is 0.740. The second-order valence-electron chi connectivity index (χ2n) is 6.34. The molecule has 4 heteroatoms. The average molecular weight is 306 g/mol. The van der Waals surface area contributed by atoms with Gasteiger partial charge < -0.3 is 4.57 Å². The molecule has 0 saturated carbocycles. The van der Waals surface area contributed by atoms with E-state index in [-0.39, 0.29) is 0 Å². The number of hydrogen-bond donors (Lipinski definition) is 0. The Morgan fingerprint density at radius 1 is 0.957 bits per heavy atom. The summed E-state index contributed by atoms with van der Waals surface area (Å²) >= 11 is 0. The largest absolute Gasteiger partial charge is 0.326 e. The van der Waals surface area contributed by atoms with Crippen molar-refractivity contribution >= 4 is 11.2 Å². The van der Waals surface area contributed by atoms with Gasteiger partial charge in [-0.05, 0) is 43.5 Å². The van der Waals surface area contributed by atoms with E-state index in [1.807, 2.05) is 18.6 Å². The maximum Gasteiger partial charge on any atom is 0.177 e. The monoisotopic (exact) mass is 306 g/mol. The molecule has 1 unspecified atom stereocenters. The van der Waals surface area contributed by atoms with Crippen LogP contribution in [-0.4, -0.2) is 32.5 Å². The third-order valence-corrected chi connectivity index (χ3v) is 4.78. The SMILES string of the molecule is c1ccc(CN2CCCC(n3cnc4ncccc43)CC2)cc1. The van der Waals surface area contributed by atoms with Crippen LogP contribution >= 0.6 is 0 Å². The lowest BCUT2D eigenvalue weighted by Crippen LogP contribution is -2.24. The van der Waals surface area contributed by atoms with Gasteiger partial charge in [0.15, 0.2) is 5.65 Å². The van der Waals surface area contributed by atoms with E-state index in [1.165, 1.54) is 31.4 Å². The molecule has 1 aromatic carbocycles. The van der Waals surface area contributed by atoms with Gasteiger partial charge in [0.2, 0.25) is 0 Å². The van der Waals surface area contributed by atoms with Gasteiger partial charge in [-0.15, -0.1) is 0 Å². The molecule has 1 aliphatic rings. The number of pyridine rings is 1. The number of benzene rings is 1. The molecule has 1 fully saturated rings. The van der Waals surface area contributed by atoms with Crippen LogP contribution in [0.5, 0.6) is 0 Å². The molecule has 4 nitrogen and oxygen atoms in total. The fourth-order valence-electron chi connectivity index (χ4n) is 3.58. The third kappa shape index (κ3) is 3.13. The lowest BCUT2D eigenvalue weighted by molar-refractivity contribution is 0.273. The van der Waals surface area contributed by atoms with Crippen LogP contribution in [0.25, 0.3) is 11.2 Å². The molecular weight excluding hydrogens is 284 g/mol. The van der Waals surface area contributed by atoms with Crippen LogP contribution in [0, 0.1) is 0 Å². The first kappa shape index (κ1) is 14.4. The molecule has 23 heavy (non-hydrogen) atoms. The summed E-state index contributed by atoms with van der Waals surface area (Å²) in [5.74, 6) is 0. The molecule has 3 heterocycles. The topological polar surface area (TPSA) is 34.0 Å². The third-order valence-electron chi connectivity index (χ3n) is 4.78. The summed E-state index contributed by atoms with van der Waals surface area (Å²) in [5.41, 5.74) is 3.43. The highest BCUT2D eigenvalue weighted by Crippen LogP contribution is 2.26. The van der Waals surface area contributed by atoms with Crippen molar-refractivity contribution in [2.24, 2.45) is 0 Å². The highest BCUT2D eigenvalue weighted by molar-refractivity contribution is 5.70. The summed E-state index contributed by atoms with van der Waals surface area (Å²) in [7, 11) is 0. The Hall–Kier alpha value is -2.20. The van der Waals surface area contributed by atoms with E-state index in [0.717, 1.165) is 24.3 Å². The zero-order valence-corrected chi connectivity index (χ0v) is 13.3. The number of imidazole rings is 1. The maximum atomic E-state index is 4.45. The molecule has 2 aromatic heterocycles. The Balaban J connectivity index is 1.47. The van der Waals surface area contributed by atoms with E-state index in [9.17, 15) is 0 Å². The Morgan fingerprint density at radius 3 is 2.78 bits per heavy atom. The first-order chi connectivity index (χ1) is 11.4. The fraction of sp³-hybridized carbons (Fsp3) is 0.368. The first-order valence-electron chi connectivity index (χ1n) is 8.44. The molecule has 0 bridgehead atoms. The zero-order chi connectivity index (χ0) is 15.5. The number of rotatable bonds is 3. The van der Waals surface area contributed by atoms with E-state index in [1.54, 1.807) is 0 Å². The molecule has 0 aliphatic carbocycles. The normalized spacial score (nSPS) is 19.7. The molecule has 1 aliphatic heterocycles. The van der Waals surface area contributed by atoms with Gasteiger partial charge >= 0.3 is 0 Å². The minimum atomic E-state index is 0.532. The summed E-state index contributed by atoms with van der Waals surface area (Å²) in [6.07, 6.45) is 7.40. The van der Waals surface area contributed by atoms with E-state index in [0.29, 0.717) is 6.04 Å². The summed E-state index contributed by atoms with van der Waals surface area (Å²) in [6, 6.07) is 15.4. The van der Waals surface area contributed by atoms with E-state index in [2.05, 4.69) is 55.8 Å². The highest BCUT2D eigenvalue weighted by Gasteiger charge is 2.20. The minimum absolute atomic E-state index is 0.532. The van der Waals surface area contributed by atoms with Crippen LogP contribution in [0.1, 0.15) is 30.9 Å². The van der Waals surface area contributed by atoms with E-state index >= 15 is 0 Å². The smallest absolute Gasteiger partial charge is 0.177 e. The molecule has 0 amide bonds. The first-order valence-corrected chi connectivity index (χ1v) is 8.44. The highest BCUT2D eigenvalue weighted by atomic mass is 15.1. The maximum absolute atomic E-state index is 4.45. The van der Waals surface area contributed by atoms with Crippen molar-refractivity contribution < 1.29 is 0 Å². The van der Waals surface area contributed by atoms with Crippen molar-refractivity contribution in [3.05, 3.63) is 60.6 Å². The summed E-state index contributed by atoms with van der Waals surface area (Å²) in [6.45, 7) is 3.37. The van der Waals surface area contributed by atoms with Gasteiger partial charge in [-0.25, -0.2) is 9.97 Å². The van der Waals surface area contributed by atoms with Gasteiger partial charge in [-0.2, -0.15) is 0 Å². The molecular formula is C19H22N4. The van der Waals surface area contributed by atoms with E-state index in [4.69, 9.17) is 0 Å². The van der Waals surface area contributed by atoms with Gasteiger partial charge in [0.1, 0.15) is 0 Å². The van der Waals surface area contributed by atoms with Gasteiger partial charge in [-0.3, -0.25) is 4.90 Å². The lowest BCUT2D eigenvalue weighted by Gasteiger charge is -2.20. The van der Waals surface area contributed by atoms with E-state index < -0.39 is 0 Å². The van der Waals surface area contributed by atoms with Crippen LogP contribution in [0.15, 0.2) is 55.0 Å². The average Bonchev–Trinajstić information content (AvgIpc) is 2.89. The molecule has 0 radical (unpaired) electrons. The molecule has 0 spiro atoms. The predicted octanol–water partition coefficient (Wildman–Crippen LogP) is 3.66. The van der Waals surface area contributed by atoms with Crippen LogP contribution in [0.4, 0.5) is 0 Å². The number of fused-ring (bicyclic) bond motifs is 1. The van der Waals surface area contributed by atoms with Crippen molar-refractivity contribution in [1.29, 1.82) is 0 Å². The Bertz CT molecular complexity index is 765. The Morgan fingerprint density at radius 2 is 1.87 bits per heavy atom. The summed E-state index contributed by atoms with van der Waals surface area (Å²) in [4.78, 5) is 11.4.